The molecule has 0 unspecified atom stereocenters. The van der Waals surface area contributed by atoms with Crippen LogP contribution in [0.1, 0.15) is 6.42 Å². The highest BCUT2D eigenvalue weighted by atomic mass is 16.5. The van der Waals surface area contributed by atoms with Gasteiger partial charge in [0.1, 0.15) is 12.4 Å². The van der Waals surface area contributed by atoms with E-state index in [9.17, 15) is 5.11 Å². The molecule has 2 heterocycles. The number of rotatable bonds is 5. The first-order valence-electron chi connectivity index (χ1n) is 7.34. The molecule has 0 amide bonds. The molecule has 112 valence electrons. The zero-order valence-corrected chi connectivity index (χ0v) is 12.3. The summed E-state index contributed by atoms with van der Waals surface area (Å²) in [7, 11) is 1.93. The minimum atomic E-state index is -0.174. The monoisotopic (exact) mass is 287 g/mol. The van der Waals surface area contributed by atoms with Crippen LogP contribution in [0.2, 0.25) is 0 Å². The smallest absolute Gasteiger partial charge is 0.128 e. The van der Waals surface area contributed by atoms with Crippen LogP contribution in [0.15, 0.2) is 36.5 Å². The van der Waals surface area contributed by atoms with Crippen molar-refractivity contribution < 1.29 is 9.84 Å². The lowest BCUT2D eigenvalue weighted by Crippen LogP contribution is -2.27. The Morgan fingerprint density at radius 1 is 1.33 bits per heavy atom. The van der Waals surface area contributed by atoms with E-state index < -0.39 is 0 Å². The van der Waals surface area contributed by atoms with Crippen molar-refractivity contribution in [1.82, 2.24) is 14.7 Å². The summed E-state index contributed by atoms with van der Waals surface area (Å²) in [5, 5.41) is 13.7. The van der Waals surface area contributed by atoms with Crippen LogP contribution in [0.25, 0.3) is 11.3 Å². The lowest BCUT2D eigenvalue weighted by atomic mass is 10.1. The number of hydrogen-bond acceptors (Lipinski definition) is 4. The zero-order valence-electron chi connectivity index (χ0n) is 12.3. The average Bonchev–Trinajstić information content (AvgIpc) is 3.08. The second kappa shape index (κ2) is 6.28. The van der Waals surface area contributed by atoms with Crippen LogP contribution < -0.4 is 4.74 Å². The van der Waals surface area contributed by atoms with Crippen molar-refractivity contribution in [3.63, 3.8) is 0 Å². The maximum Gasteiger partial charge on any atom is 0.128 e. The fourth-order valence-electron chi connectivity index (χ4n) is 2.74. The van der Waals surface area contributed by atoms with Gasteiger partial charge in [0.25, 0.3) is 0 Å². The molecule has 0 aliphatic carbocycles. The fraction of sp³-hybridized carbons (Fsp3) is 0.438. The first kappa shape index (κ1) is 14.1. The number of para-hydroxylation sites is 1. The van der Waals surface area contributed by atoms with Gasteiger partial charge in [-0.2, -0.15) is 5.10 Å². The van der Waals surface area contributed by atoms with E-state index in [1.54, 1.807) is 6.20 Å². The molecule has 3 rings (SSSR count). The number of aliphatic hydroxyl groups excluding tert-OH is 1. The van der Waals surface area contributed by atoms with Gasteiger partial charge in [-0.3, -0.25) is 9.58 Å². The normalized spacial score (nSPS) is 19.0. The van der Waals surface area contributed by atoms with Crippen LogP contribution in [0.5, 0.6) is 5.75 Å². The highest BCUT2D eigenvalue weighted by molar-refractivity contribution is 5.67. The van der Waals surface area contributed by atoms with E-state index >= 15 is 0 Å². The quantitative estimate of drug-likeness (QED) is 0.906. The fourth-order valence-corrected chi connectivity index (χ4v) is 2.74. The van der Waals surface area contributed by atoms with Crippen molar-refractivity contribution >= 4 is 0 Å². The Bertz CT molecular complexity index is 597. The summed E-state index contributed by atoms with van der Waals surface area (Å²) < 4.78 is 7.79. The van der Waals surface area contributed by atoms with Gasteiger partial charge in [0.2, 0.25) is 0 Å². The number of likely N-dealkylation sites (tertiary alicyclic amines) is 1. The summed E-state index contributed by atoms with van der Waals surface area (Å²) in [4.78, 5) is 2.23. The molecule has 1 aliphatic heterocycles. The molecule has 21 heavy (non-hydrogen) atoms. The second-order valence-electron chi connectivity index (χ2n) is 5.43. The van der Waals surface area contributed by atoms with E-state index in [1.807, 2.05) is 42.1 Å². The summed E-state index contributed by atoms with van der Waals surface area (Å²) in [5.41, 5.74) is 2.10. The van der Waals surface area contributed by atoms with Crippen LogP contribution in [0, 0.1) is 0 Å². The number of ether oxygens (including phenoxy) is 1. The number of nitrogens with zero attached hydrogens (tertiary/aromatic N) is 3. The molecule has 5 nitrogen and oxygen atoms in total. The van der Waals surface area contributed by atoms with E-state index in [0.29, 0.717) is 6.61 Å². The molecule has 1 fully saturated rings. The molecule has 1 saturated heterocycles. The van der Waals surface area contributed by atoms with Gasteiger partial charge < -0.3 is 9.84 Å². The Balaban J connectivity index is 1.65. The Kier molecular flexibility index (Phi) is 4.22. The number of β-amino-alcohol motifs (C(OH)–C–C–N with tert-alkyl or cyclic N) is 1. The minimum absolute atomic E-state index is 0.174. The van der Waals surface area contributed by atoms with Gasteiger partial charge in [0.15, 0.2) is 0 Å². The molecule has 0 bridgehead atoms. The van der Waals surface area contributed by atoms with Gasteiger partial charge in [0, 0.05) is 38.4 Å². The van der Waals surface area contributed by atoms with Gasteiger partial charge in [-0.25, -0.2) is 0 Å². The number of aryl methyl sites for hydroxylation is 1. The Morgan fingerprint density at radius 2 is 2.19 bits per heavy atom. The van der Waals surface area contributed by atoms with Gasteiger partial charge >= 0.3 is 0 Å². The third-order valence-electron chi connectivity index (χ3n) is 3.90. The van der Waals surface area contributed by atoms with Crippen LogP contribution in [-0.4, -0.2) is 52.1 Å². The van der Waals surface area contributed by atoms with Gasteiger partial charge in [0.05, 0.1) is 11.8 Å². The maximum atomic E-state index is 9.52. The van der Waals surface area contributed by atoms with E-state index in [0.717, 1.165) is 43.1 Å². The van der Waals surface area contributed by atoms with Crippen molar-refractivity contribution in [3.05, 3.63) is 36.5 Å². The molecule has 0 spiro atoms. The Hall–Kier alpha value is -1.85. The first-order chi connectivity index (χ1) is 10.2. The van der Waals surface area contributed by atoms with Crippen molar-refractivity contribution in [2.45, 2.75) is 12.5 Å². The Morgan fingerprint density at radius 3 is 2.90 bits per heavy atom. The Labute approximate surface area is 124 Å². The first-order valence-corrected chi connectivity index (χ1v) is 7.34. The summed E-state index contributed by atoms with van der Waals surface area (Å²) >= 11 is 0. The molecule has 1 aromatic carbocycles. The molecule has 2 aromatic rings. The minimum Gasteiger partial charge on any atom is -0.492 e. The standard InChI is InChI=1S/C16H21N3O2/c1-18-15(6-8-17-18)14-4-2-3-5-16(14)21-11-10-19-9-7-13(20)12-19/h2-6,8,13,20H,7,9-12H2,1H3/t13-/m0/s1. The van der Waals surface area contributed by atoms with E-state index in [1.165, 1.54) is 0 Å². The summed E-state index contributed by atoms with van der Waals surface area (Å²) in [6.45, 7) is 3.18. The van der Waals surface area contributed by atoms with Crippen LogP contribution >= 0.6 is 0 Å². The maximum absolute atomic E-state index is 9.52. The second-order valence-corrected chi connectivity index (χ2v) is 5.43. The lowest BCUT2D eigenvalue weighted by molar-refractivity contribution is 0.167. The number of benzene rings is 1. The van der Waals surface area contributed by atoms with Crippen LogP contribution in [-0.2, 0) is 7.05 Å². The van der Waals surface area contributed by atoms with E-state index in [4.69, 9.17) is 4.74 Å². The van der Waals surface area contributed by atoms with E-state index in [-0.39, 0.29) is 6.10 Å². The number of aliphatic hydroxyl groups is 1. The van der Waals surface area contributed by atoms with Gasteiger partial charge in [-0.05, 0) is 24.6 Å². The largest absolute Gasteiger partial charge is 0.492 e. The molecular weight excluding hydrogens is 266 g/mol. The van der Waals surface area contributed by atoms with Crippen molar-refractivity contribution in [3.8, 4) is 17.0 Å². The third kappa shape index (κ3) is 3.25. The number of hydrogen-bond donors (Lipinski definition) is 1. The molecule has 1 aromatic heterocycles. The molecule has 1 atom stereocenters. The SMILES string of the molecule is Cn1nccc1-c1ccccc1OCCN1CC[C@H](O)C1. The van der Waals surface area contributed by atoms with Crippen LogP contribution in [0.3, 0.4) is 0 Å². The molecule has 1 N–H and O–H groups in total. The van der Waals surface area contributed by atoms with Crippen molar-refractivity contribution in [1.29, 1.82) is 0 Å². The number of aromatic nitrogens is 2. The van der Waals surface area contributed by atoms with Crippen molar-refractivity contribution in [2.24, 2.45) is 7.05 Å². The summed E-state index contributed by atoms with van der Waals surface area (Å²) in [6, 6.07) is 10.0. The predicted molar refractivity (Wildman–Crippen MR) is 81.2 cm³/mol. The van der Waals surface area contributed by atoms with Gasteiger partial charge in [-0.15, -0.1) is 0 Å². The molecule has 1 aliphatic rings. The molecule has 0 saturated carbocycles. The van der Waals surface area contributed by atoms with Gasteiger partial charge in [-0.1, -0.05) is 12.1 Å². The summed E-state index contributed by atoms with van der Waals surface area (Å²) in [5.74, 6) is 0.876. The molecule has 5 heteroatoms. The third-order valence-corrected chi connectivity index (χ3v) is 3.90. The highest BCUT2D eigenvalue weighted by Crippen LogP contribution is 2.29. The molecular formula is C16H21N3O2. The molecule has 0 radical (unpaired) electrons. The summed E-state index contributed by atoms with van der Waals surface area (Å²) in [6.07, 6.45) is 2.48. The zero-order chi connectivity index (χ0) is 14.7. The highest BCUT2D eigenvalue weighted by Gasteiger charge is 2.19. The van der Waals surface area contributed by atoms with Crippen molar-refractivity contribution in [2.75, 3.05) is 26.2 Å². The van der Waals surface area contributed by atoms with E-state index in [2.05, 4.69) is 10.00 Å². The van der Waals surface area contributed by atoms with Crippen LogP contribution in [0.4, 0.5) is 0 Å². The predicted octanol–water partition coefficient (Wildman–Crippen LogP) is 1.53. The topological polar surface area (TPSA) is 50.5 Å². The lowest BCUT2D eigenvalue weighted by Gasteiger charge is -2.16. The average molecular weight is 287 g/mol.